The summed E-state index contributed by atoms with van der Waals surface area (Å²) in [5, 5.41) is 10.7. The van der Waals surface area contributed by atoms with Crippen LogP contribution in [0, 0.1) is 0 Å². The number of hydrogen-bond donors (Lipinski definition) is 1. The van der Waals surface area contributed by atoms with Gasteiger partial charge in [-0.05, 0) is 41.5 Å². The van der Waals surface area contributed by atoms with E-state index in [0.29, 0.717) is 0 Å². The highest BCUT2D eigenvalue weighted by atomic mass is 79.9. The third kappa shape index (κ3) is 2.99. The third-order valence-electron chi connectivity index (χ3n) is 3.54. The van der Waals surface area contributed by atoms with Gasteiger partial charge in [0.25, 0.3) is 0 Å². The van der Waals surface area contributed by atoms with E-state index >= 15 is 0 Å². The maximum Gasteiger partial charge on any atom is 0.0998 e. The SMILES string of the molecule is CCCC(N)c1cn(-c2ccc3cc(Br)ccc3c2)nn1. The van der Waals surface area contributed by atoms with Crippen LogP contribution >= 0.6 is 15.9 Å². The Morgan fingerprint density at radius 2 is 1.95 bits per heavy atom. The second-order valence-corrected chi connectivity index (χ2v) is 6.07. The van der Waals surface area contributed by atoms with E-state index in [1.165, 1.54) is 10.8 Å². The Hall–Kier alpha value is -1.72. The minimum atomic E-state index is -0.0415. The fourth-order valence-corrected chi connectivity index (χ4v) is 2.76. The number of hydrogen-bond acceptors (Lipinski definition) is 3. The summed E-state index contributed by atoms with van der Waals surface area (Å²) in [5.74, 6) is 0. The molecule has 4 nitrogen and oxygen atoms in total. The van der Waals surface area contributed by atoms with E-state index < -0.39 is 0 Å². The summed E-state index contributed by atoms with van der Waals surface area (Å²) in [5.41, 5.74) is 7.92. The van der Waals surface area contributed by atoms with E-state index in [2.05, 4.69) is 57.4 Å². The van der Waals surface area contributed by atoms with E-state index in [0.717, 1.165) is 28.7 Å². The van der Waals surface area contributed by atoms with Crippen molar-refractivity contribution in [1.82, 2.24) is 15.0 Å². The van der Waals surface area contributed by atoms with Crippen LogP contribution in [0.5, 0.6) is 0 Å². The molecule has 0 saturated carbocycles. The van der Waals surface area contributed by atoms with Crippen LogP contribution in [0.4, 0.5) is 0 Å². The number of halogens is 1. The first kappa shape index (κ1) is 14.2. The molecule has 0 aliphatic rings. The summed E-state index contributed by atoms with van der Waals surface area (Å²) >= 11 is 3.49. The molecule has 108 valence electrons. The normalized spacial score (nSPS) is 12.7. The van der Waals surface area contributed by atoms with Gasteiger partial charge in [-0.1, -0.05) is 46.6 Å². The zero-order valence-electron chi connectivity index (χ0n) is 11.8. The van der Waals surface area contributed by atoms with Crippen LogP contribution in [0.25, 0.3) is 16.5 Å². The van der Waals surface area contributed by atoms with E-state index in [9.17, 15) is 0 Å². The maximum absolute atomic E-state index is 6.08. The predicted octanol–water partition coefficient (Wildman–Crippen LogP) is 3.98. The highest BCUT2D eigenvalue weighted by molar-refractivity contribution is 9.10. The second-order valence-electron chi connectivity index (χ2n) is 5.16. The highest BCUT2D eigenvalue weighted by Crippen LogP contribution is 2.23. The zero-order chi connectivity index (χ0) is 14.8. The Kier molecular flexibility index (Phi) is 4.03. The molecule has 1 unspecified atom stereocenters. The molecule has 0 radical (unpaired) electrons. The molecule has 3 rings (SSSR count). The smallest absolute Gasteiger partial charge is 0.0998 e. The van der Waals surface area contributed by atoms with Crippen molar-refractivity contribution in [1.29, 1.82) is 0 Å². The lowest BCUT2D eigenvalue weighted by Crippen LogP contribution is -2.10. The predicted molar refractivity (Wildman–Crippen MR) is 88.4 cm³/mol. The van der Waals surface area contributed by atoms with Crippen molar-refractivity contribution in [2.24, 2.45) is 5.73 Å². The van der Waals surface area contributed by atoms with E-state index in [1.807, 2.05) is 18.3 Å². The van der Waals surface area contributed by atoms with Crippen molar-refractivity contribution in [3.63, 3.8) is 0 Å². The molecule has 1 heterocycles. The molecule has 3 aromatic rings. The van der Waals surface area contributed by atoms with Gasteiger partial charge in [0.05, 0.1) is 23.6 Å². The molecule has 21 heavy (non-hydrogen) atoms. The van der Waals surface area contributed by atoms with E-state index in [4.69, 9.17) is 5.73 Å². The lowest BCUT2D eigenvalue weighted by Gasteiger charge is -2.05. The van der Waals surface area contributed by atoms with Crippen LogP contribution in [0.1, 0.15) is 31.5 Å². The molecule has 0 bridgehead atoms. The van der Waals surface area contributed by atoms with Gasteiger partial charge in [-0.25, -0.2) is 4.68 Å². The average Bonchev–Trinajstić information content (AvgIpc) is 2.97. The van der Waals surface area contributed by atoms with Crippen LogP contribution in [0.15, 0.2) is 47.1 Å². The molecule has 5 heteroatoms. The quantitative estimate of drug-likeness (QED) is 0.778. The van der Waals surface area contributed by atoms with Crippen molar-refractivity contribution in [3.05, 3.63) is 52.8 Å². The lowest BCUT2D eigenvalue weighted by atomic mass is 10.1. The summed E-state index contributed by atoms with van der Waals surface area (Å²) in [6.07, 6.45) is 3.88. The van der Waals surface area contributed by atoms with Crippen LogP contribution in [0.2, 0.25) is 0 Å². The zero-order valence-corrected chi connectivity index (χ0v) is 13.4. The van der Waals surface area contributed by atoms with Gasteiger partial charge in [0.15, 0.2) is 0 Å². The van der Waals surface area contributed by atoms with E-state index in [-0.39, 0.29) is 6.04 Å². The summed E-state index contributed by atoms with van der Waals surface area (Å²) < 4.78 is 2.86. The summed E-state index contributed by atoms with van der Waals surface area (Å²) in [6.45, 7) is 2.12. The van der Waals surface area contributed by atoms with Gasteiger partial charge in [-0.2, -0.15) is 0 Å². The van der Waals surface area contributed by atoms with Crippen molar-refractivity contribution in [2.45, 2.75) is 25.8 Å². The molecule has 2 N–H and O–H groups in total. The molecule has 1 atom stereocenters. The van der Waals surface area contributed by atoms with Gasteiger partial charge in [-0.3, -0.25) is 0 Å². The monoisotopic (exact) mass is 344 g/mol. The number of rotatable bonds is 4. The molecule has 0 saturated heterocycles. The first-order valence-electron chi connectivity index (χ1n) is 7.05. The van der Waals surface area contributed by atoms with Crippen molar-refractivity contribution >= 4 is 26.7 Å². The Morgan fingerprint density at radius 3 is 2.76 bits per heavy atom. The fraction of sp³-hybridized carbons (Fsp3) is 0.250. The van der Waals surface area contributed by atoms with Crippen LogP contribution < -0.4 is 5.73 Å². The minimum Gasteiger partial charge on any atom is -0.323 e. The molecular formula is C16H17BrN4. The molecule has 0 aliphatic heterocycles. The first-order chi connectivity index (χ1) is 10.2. The molecule has 0 aliphatic carbocycles. The van der Waals surface area contributed by atoms with Crippen molar-refractivity contribution in [2.75, 3.05) is 0 Å². The van der Waals surface area contributed by atoms with Gasteiger partial charge in [0.1, 0.15) is 0 Å². The summed E-state index contributed by atoms with van der Waals surface area (Å²) in [6, 6.07) is 12.4. The van der Waals surface area contributed by atoms with Crippen LogP contribution in [-0.4, -0.2) is 15.0 Å². The van der Waals surface area contributed by atoms with Gasteiger partial charge < -0.3 is 5.73 Å². The van der Waals surface area contributed by atoms with Gasteiger partial charge in [0, 0.05) is 4.47 Å². The molecule has 2 aromatic carbocycles. The molecule has 0 fully saturated rings. The topological polar surface area (TPSA) is 56.7 Å². The van der Waals surface area contributed by atoms with Crippen molar-refractivity contribution < 1.29 is 0 Å². The Bertz CT molecular complexity index is 766. The van der Waals surface area contributed by atoms with Gasteiger partial charge >= 0.3 is 0 Å². The lowest BCUT2D eigenvalue weighted by molar-refractivity contribution is 0.619. The Labute approximate surface area is 132 Å². The van der Waals surface area contributed by atoms with Crippen LogP contribution in [0.3, 0.4) is 0 Å². The molecular weight excluding hydrogens is 328 g/mol. The van der Waals surface area contributed by atoms with Crippen molar-refractivity contribution in [3.8, 4) is 5.69 Å². The highest BCUT2D eigenvalue weighted by Gasteiger charge is 2.10. The van der Waals surface area contributed by atoms with Gasteiger partial charge in [-0.15, -0.1) is 5.10 Å². The standard InChI is InChI=1S/C16H17BrN4/c1-2-3-15(18)16-10-21(20-19-16)14-7-5-11-8-13(17)6-4-12(11)9-14/h4-10,15H,2-3,18H2,1H3. The number of benzene rings is 2. The molecule has 1 aromatic heterocycles. The summed E-state index contributed by atoms with van der Waals surface area (Å²) in [4.78, 5) is 0. The molecule has 0 amide bonds. The number of fused-ring (bicyclic) bond motifs is 1. The maximum atomic E-state index is 6.08. The van der Waals surface area contributed by atoms with Gasteiger partial charge in [0.2, 0.25) is 0 Å². The van der Waals surface area contributed by atoms with E-state index in [1.54, 1.807) is 4.68 Å². The molecule has 0 spiro atoms. The minimum absolute atomic E-state index is 0.0415. The van der Waals surface area contributed by atoms with Crippen LogP contribution in [-0.2, 0) is 0 Å². The Morgan fingerprint density at radius 1 is 1.19 bits per heavy atom. The largest absolute Gasteiger partial charge is 0.323 e. The number of nitrogens with zero attached hydrogens (tertiary/aromatic N) is 3. The number of nitrogens with two attached hydrogens (primary N) is 1. The Balaban J connectivity index is 1.95. The fourth-order valence-electron chi connectivity index (χ4n) is 2.38. The summed E-state index contributed by atoms with van der Waals surface area (Å²) in [7, 11) is 0. The first-order valence-corrected chi connectivity index (χ1v) is 7.84. The average molecular weight is 345 g/mol. The third-order valence-corrected chi connectivity index (χ3v) is 4.03. The number of aromatic nitrogens is 3. The second kappa shape index (κ2) is 5.95.